The number of rotatable bonds is 0. The number of aliphatic imine (C=N–C) groups is 1. The summed E-state index contributed by atoms with van der Waals surface area (Å²) in [5.41, 5.74) is 2.99. The summed E-state index contributed by atoms with van der Waals surface area (Å²) in [6.45, 7) is 4.01. The van der Waals surface area contributed by atoms with Crippen molar-refractivity contribution in [1.82, 2.24) is 0 Å². The molecule has 1 heterocycles. The van der Waals surface area contributed by atoms with E-state index in [4.69, 9.17) is 5.26 Å². The van der Waals surface area contributed by atoms with Crippen LogP contribution in [0, 0.1) is 11.3 Å². The van der Waals surface area contributed by atoms with E-state index in [1.165, 1.54) is 5.57 Å². The molecular weight excluding hydrogens is 124 g/mol. The molecule has 2 nitrogen and oxygen atoms in total. The second-order valence-electron chi connectivity index (χ2n) is 2.54. The third kappa shape index (κ3) is 1.24. The van der Waals surface area contributed by atoms with Crippen molar-refractivity contribution >= 4 is 5.71 Å². The van der Waals surface area contributed by atoms with Crippen molar-refractivity contribution in [2.75, 3.05) is 0 Å². The fourth-order valence-electron chi connectivity index (χ4n) is 0.921. The molecule has 0 saturated carbocycles. The van der Waals surface area contributed by atoms with Crippen LogP contribution >= 0.6 is 0 Å². The molecule has 0 aliphatic carbocycles. The molecule has 0 radical (unpaired) electrons. The maximum atomic E-state index is 8.49. The van der Waals surface area contributed by atoms with Crippen LogP contribution in [0.25, 0.3) is 0 Å². The van der Waals surface area contributed by atoms with E-state index in [-0.39, 0.29) is 0 Å². The molecule has 0 amide bonds. The molecule has 1 aliphatic heterocycles. The van der Waals surface area contributed by atoms with Crippen LogP contribution in [0.5, 0.6) is 0 Å². The maximum Gasteiger partial charge on any atom is 0.118 e. The van der Waals surface area contributed by atoms with Gasteiger partial charge in [0.2, 0.25) is 0 Å². The molecule has 0 unspecified atom stereocenters. The van der Waals surface area contributed by atoms with E-state index in [0.29, 0.717) is 5.71 Å². The summed E-state index contributed by atoms with van der Waals surface area (Å²) in [6, 6.07) is 2.07. The third-order valence-electron chi connectivity index (χ3n) is 1.79. The van der Waals surface area contributed by atoms with Gasteiger partial charge in [-0.25, -0.2) is 4.99 Å². The predicted octanol–water partition coefficient (Wildman–Crippen LogP) is 2.04. The SMILES string of the molecule is CC1=C(C)N=C(C#N)CC1. The Hall–Kier alpha value is -1.10. The Kier molecular flexibility index (Phi) is 1.86. The Labute approximate surface area is 60.9 Å². The molecule has 0 fully saturated rings. The van der Waals surface area contributed by atoms with E-state index in [1.54, 1.807) is 0 Å². The zero-order chi connectivity index (χ0) is 7.56. The smallest absolute Gasteiger partial charge is 0.118 e. The molecule has 0 atom stereocenters. The number of allylic oxidation sites excluding steroid dienone is 2. The van der Waals surface area contributed by atoms with Crippen LogP contribution in [0.4, 0.5) is 0 Å². The van der Waals surface area contributed by atoms with Gasteiger partial charge in [-0.3, -0.25) is 0 Å². The molecule has 10 heavy (non-hydrogen) atoms. The number of hydrogen-bond donors (Lipinski definition) is 0. The second kappa shape index (κ2) is 2.66. The van der Waals surface area contributed by atoms with Crippen LogP contribution < -0.4 is 0 Å². The second-order valence-corrected chi connectivity index (χ2v) is 2.54. The molecule has 0 saturated heterocycles. The monoisotopic (exact) mass is 134 g/mol. The molecule has 0 aromatic rings. The molecular formula is C8H10N2. The number of nitrogens with zero attached hydrogens (tertiary/aromatic N) is 2. The first-order valence-electron chi connectivity index (χ1n) is 3.38. The van der Waals surface area contributed by atoms with Gasteiger partial charge in [-0.15, -0.1) is 0 Å². The summed E-state index contributed by atoms with van der Waals surface area (Å²) < 4.78 is 0. The molecule has 0 aromatic heterocycles. The van der Waals surface area contributed by atoms with Gasteiger partial charge in [0.15, 0.2) is 0 Å². The van der Waals surface area contributed by atoms with Gasteiger partial charge in [0.05, 0.1) is 0 Å². The lowest BCUT2D eigenvalue weighted by Crippen LogP contribution is -2.01. The first kappa shape index (κ1) is 7.01. The first-order chi connectivity index (χ1) is 4.74. The van der Waals surface area contributed by atoms with Crippen LogP contribution in [0.15, 0.2) is 16.3 Å². The summed E-state index contributed by atoms with van der Waals surface area (Å²) >= 11 is 0. The van der Waals surface area contributed by atoms with Crippen molar-refractivity contribution in [3.05, 3.63) is 11.3 Å². The average Bonchev–Trinajstić information content (AvgIpc) is 1.95. The van der Waals surface area contributed by atoms with Crippen molar-refractivity contribution < 1.29 is 0 Å². The molecule has 0 spiro atoms. The van der Waals surface area contributed by atoms with Crippen molar-refractivity contribution in [2.45, 2.75) is 26.7 Å². The van der Waals surface area contributed by atoms with Gasteiger partial charge < -0.3 is 0 Å². The average molecular weight is 134 g/mol. The minimum Gasteiger partial charge on any atom is -0.247 e. The van der Waals surface area contributed by atoms with E-state index in [0.717, 1.165) is 18.5 Å². The third-order valence-corrected chi connectivity index (χ3v) is 1.79. The lowest BCUT2D eigenvalue weighted by Gasteiger charge is -2.08. The van der Waals surface area contributed by atoms with E-state index >= 15 is 0 Å². The fourth-order valence-corrected chi connectivity index (χ4v) is 0.921. The van der Waals surface area contributed by atoms with Crippen molar-refractivity contribution in [3.8, 4) is 6.07 Å². The highest BCUT2D eigenvalue weighted by Gasteiger charge is 2.06. The Bertz CT molecular complexity index is 240. The quantitative estimate of drug-likeness (QED) is 0.499. The lowest BCUT2D eigenvalue weighted by molar-refractivity contribution is 0.942. The Morgan fingerprint density at radius 2 is 2.10 bits per heavy atom. The highest BCUT2D eigenvalue weighted by molar-refractivity contribution is 5.99. The Balaban J connectivity index is 2.89. The zero-order valence-corrected chi connectivity index (χ0v) is 6.31. The molecule has 2 heteroatoms. The van der Waals surface area contributed by atoms with Crippen LogP contribution in [0.2, 0.25) is 0 Å². The van der Waals surface area contributed by atoms with Crippen LogP contribution in [0.3, 0.4) is 0 Å². The fraction of sp³-hybridized carbons (Fsp3) is 0.500. The first-order valence-corrected chi connectivity index (χ1v) is 3.38. The minimum absolute atomic E-state index is 0.670. The Morgan fingerprint density at radius 1 is 1.40 bits per heavy atom. The molecule has 0 N–H and O–H groups in total. The normalized spacial score (nSPS) is 18.3. The molecule has 1 rings (SSSR count). The van der Waals surface area contributed by atoms with Gasteiger partial charge in [0.25, 0.3) is 0 Å². The highest BCUT2D eigenvalue weighted by atomic mass is 14.8. The van der Waals surface area contributed by atoms with E-state index < -0.39 is 0 Å². The van der Waals surface area contributed by atoms with Gasteiger partial charge in [-0.2, -0.15) is 5.26 Å². The van der Waals surface area contributed by atoms with Gasteiger partial charge in [-0.05, 0) is 20.3 Å². The standard InChI is InChI=1S/C8H10N2/c1-6-3-4-8(5-9)10-7(6)2/h3-4H2,1-2H3. The lowest BCUT2D eigenvalue weighted by atomic mass is 10.0. The van der Waals surface area contributed by atoms with Crippen molar-refractivity contribution in [3.63, 3.8) is 0 Å². The summed E-state index contributed by atoms with van der Waals surface area (Å²) in [7, 11) is 0. The van der Waals surface area contributed by atoms with Gasteiger partial charge in [0, 0.05) is 12.1 Å². The van der Waals surface area contributed by atoms with Crippen LogP contribution in [-0.4, -0.2) is 5.71 Å². The van der Waals surface area contributed by atoms with Crippen molar-refractivity contribution in [1.29, 1.82) is 5.26 Å². The van der Waals surface area contributed by atoms with Crippen molar-refractivity contribution in [2.24, 2.45) is 4.99 Å². The van der Waals surface area contributed by atoms with Gasteiger partial charge in [-0.1, -0.05) is 5.57 Å². The van der Waals surface area contributed by atoms with E-state index in [1.807, 2.05) is 6.92 Å². The van der Waals surface area contributed by atoms with Gasteiger partial charge in [0.1, 0.15) is 11.8 Å². The van der Waals surface area contributed by atoms with Gasteiger partial charge >= 0.3 is 0 Å². The number of nitriles is 1. The zero-order valence-electron chi connectivity index (χ0n) is 6.31. The summed E-state index contributed by atoms with van der Waals surface area (Å²) in [4.78, 5) is 4.12. The summed E-state index contributed by atoms with van der Waals surface area (Å²) in [5, 5.41) is 8.49. The highest BCUT2D eigenvalue weighted by Crippen LogP contribution is 2.17. The molecule has 0 aromatic carbocycles. The molecule has 52 valence electrons. The van der Waals surface area contributed by atoms with E-state index in [2.05, 4.69) is 18.0 Å². The van der Waals surface area contributed by atoms with E-state index in [9.17, 15) is 0 Å². The predicted molar refractivity (Wildman–Crippen MR) is 40.7 cm³/mol. The Morgan fingerprint density at radius 3 is 2.60 bits per heavy atom. The molecule has 0 bridgehead atoms. The summed E-state index contributed by atoms with van der Waals surface area (Å²) in [5.74, 6) is 0. The minimum atomic E-state index is 0.670. The largest absolute Gasteiger partial charge is 0.247 e. The van der Waals surface area contributed by atoms with Crippen LogP contribution in [-0.2, 0) is 0 Å². The molecule has 1 aliphatic rings. The van der Waals surface area contributed by atoms with Crippen LogP contribution in [0.1, 0.15) is 26.7 Å². The topological polar surface area (TPSA) is 36.1 Å². The summed E-state index contributed by atoms with van der Waals surface area (Å²) in [6.07, 6.45) is 1.82. The number of hydrogen-bond acceptors (Lipinski definition) is 2. The maximum absolute atomic E-state index is 8.49.